The molecule has 9 nitrogen and oxygen atoms in total. The van der Waals surface area contributed by atoms with Gasteiger partial charge >= 0.3 is 0 Å². The van der Waals surface area contributed by atoms with Crippen LogP contribution in [-0.4, -0.2) is 90.1 Å². The second-order valence-electron chi connectivity index (χ2n) is 14.8. The summed E-state index contributed by atoms with van der Waals surface area (Å²) in [5.74, 6) is 2.53. The lowest BCUT2D eigenvalue weighted by molar-refractivity contribution is -0.946. The van der Waals surface area contributed by atoms with Gasteiger partial charge in [0.1, 0.15) is 35.5 Å². The van der Waals surface area contributed by atoms with E-state index in [0.717, 1.165) is 60.3 Å². The summed E-state index contributed by atoms with van der Waals surface area (Å²) in [5.41, 5.74) is 1.15. The molecule has 3 saturated heterocycles. The van der Waals surface area contributed by atoms with E-state index in [2.05, 4.69) is 17.4 Å². The van der Waals surface area contributed by atoms with Crippen LogP contribution in [0.3, 0.4) is 0 Å². The number of aromatic hydroxyl groups is 1. The molecule has 3 aliphatic heterocycles. The molecule has 4 aliphatic rings. The Balaban J connectivity index is 0.00000504. The van der Waals surface area contributed by atoms with Gasteiger partial charge in [-0.25, -0.2) is 0 Å². The summed E-state index contributed by atoms with van der Waals surface area (Å²) in [7, 11) is 0. The Bertz CT molecular complexity index is 1460. The smallest absolute Gasteiger partial charge is 0.121 e. The number of hydrogen-bond acceptors (Lipinski definition) is 8. The molecule has 2 bridgehead atoms. The van der Waals surface area contributed by atoms with Crippen LogP contribution in [0.4, 0.5) is 0 Å². The predicted molar refractivity (Wildman–Crippen MR) is 193 cm³/mol. The second kappa shape index (κ2) is 18.9. The van der Waals surface area contributed by atoms with E-state index in [1.807, 2.05) is 42.5 Å². The Morgan fingerprint density at radius 3 is 2.20 bits per heavy atom. The monoisotopic (exact) mass is 768 g/mol. The van der Waals surface area contributed by atoms with Crippen LogP contribution in [0, 0.1) is 11.8 Å². The highest BCUT2D eigenvalue weighted by Crippen LogP contribution is 2.42. The molecule has 3 aromatic rings. The fourth-order valence-electron chi connectivity index (χ4n) is 8.43. The number of ether oxygens (including phenoxy) is 3. The third-order valence-electron chi connectivity index (χ3n) is 11.5. The minimum atomic E-state index is -0.909. The first-order valence-corrected chi connectivity index (χ1v) is 18.8. The van der Waals surface area contributed by atoms with Gasteiger partial charge in [-0.3, -0.25) is 0 Å². The molecule has 1 aliphatic carbocycles. The number of rotatable bonds is 19. The Morgan fingerprint density at radius 2 is 1.53 bits per heavy atom. The van der Waals surface area contributed by atoms with Crippen molar-refractivity contribution in [2.75, 3.05) is 59.1 Å². The Kier molecular flexibility index (Phi) is 14.6. The standard InChI is InChI=1S/C41H56N2O7.BrH/c44-29-33-26-32(12-17-38(33)45)39(46)27-42-20-6-24-48-36-13-15-37(16-14-36)49-25-7-21-43-22-18-31(19-23-43)40(28-43)50-30-41(47,35-10-4-5-11-35)34-8-2-1-3-9-34;/h1-3,8-9,12-17,26,31,35,39-40,42,44,46-47H,4-7,10-11,18-25,27-30H2;1H/t31?,39-,40-,41+,43?;/m0./s1. The molecule has 3 heterocycles. The number of benzene rings is 3. The van der Waals surface area contributed by atoms with Gasteiger partial charge in [-0.1, -0.05) is 49.2 Å². The number of piperidine rings is 3. The van der Waals surface area contributed by atoms with Gasteiger partial charge in [0, 0.05) is 37.3 Å². The van der Waals surface area contributed by atoms with Crippen molar-refractivity contribution >= 4 is 0 Å². The summed E-state index contributed by atoms with van der Waals surface area (Å²) in [6.45, 7) is 6.94. The molecule has 0 unspecified atom stereocenters. The van der Waals surface area contributed by atoms with Crippen molar-refractivity contribution in [2.45, 2.75) is 75.8 Å². The minimum Gasteiger partial charge on any atom is -1.00 e. The van der Waals surface area contributed by atoms with Gasteiger partial charge in [0.15, 0.2) is 0 Å². The number of aliphatic hydroxyl groups excluding tert-OH is 2. The maximum atomic E-state index is 12.0. The molecule has 0 spiro atoms. The predicted octanol–water partition coefficient (Wildman–Crippen LogP) is 2.45. The van der Waals surface area contributed by atoms with E-state index in [9.17, 15) is 20.4 Å². The average molecular weight is 770 g/mol. The van der Waals surface area contributed by atoms with Crippen molar-refractivity contribution in [1.82, 2.24) is 5.32 Å². The Morgan fingerprint density at radius 1 is 0.863 bits per heavy atom. The van der Waals surface area contributed by atoms with E-state index < -0.39 is 11.7 Å². The maximum Gasteiger partial charge on any atom is 0.121 e. The van der Waals surface area contributed by atoms with E-state index in [0.29, 0.717) is 50.0 Å². The maximum absolute atomic E-state index is 12.0. The van der Waals surface area contributed by atoms with Gasteiger partial charge in [-0.2, -0.15) is 0 Å². The molecular weight excluding hydrogens is 712 g/mol. The fourth-order valence-corrected chi connectivity index (χ4v) is 8.43. The lowest BCUT2D eigenvalue weighted by Crippen LogP contribution is -3.00. The van der Waals surface area contributed by atoms with E-state index in [-0.39, 0.29) is 41.4 Å². The number of halogens is 1. The average Bonchev–Trinajstić information content (AvgIpc) is 3.71. The molecular formula is C41H57BrN2O7. The van der Waals surface area contributed by atoms with Crippen LogP contribution in [-0.2, 0) is 16.9 Å². The third kappa shape index (κ3) is 10.3. The SMILES string of the molecule is OCc1cc([C@@H](O)CNCCCOc2ccc(OCCC[N+]34CCC(CC3)[C@@H](OC[C@@](O)(c3ccccc3)C3CCCC3)C4)cc2)ccc1O.[Br-]. The molecule has 0 amide bonds. The summed E-state index contributed by atoms with van der Waals surface area (Å²) >= 11 is 0. The van der Waals surface area contributed by atoms with E-state index >= 15 is 0 Å². The van der Waals surface area contributed by atoms with Crippen molar-refractivity contribution < 1.29 is 56.1 Å². The van der Waals surface area contributed by atoms with Crippen LogP contribution < -0.4 is 31.8 Å². The van der Waals surface area contributed by atoms with Gasteiger partial charge in [0.05, 0.1) is 52.2 Å². The first-order chi connectivity index (χ1) is 24.4. The van der Waals surface area contributed by atoms with Gasteiger partial charge in [0.2, 0.25) is 0 Å². The fraction of sp³-hybridized carbons (Fsp3) is 0.561. The molecule has 4 fully saturated rings. The van der Waals surface area contributed by atoms with Crippen LogP contribution in [0.2, 0.25) is 0 Å². The molecule has 7 rings (SSSR count). The van der Waals surface area contributed by atoms with Crippen molar-refractivity contribution in [3.05, 3.63) is 89.5 Å². The largest absolute Gasteiger partial charge is 1.00 e. The molecule has 0 radical (unpaired) electrons. The van der Waals surface area contributed by atoms with Crippen molar-refractivity contribution in [1.29, 1.82) is 0 Å². The molecule has 3 aromatic carbocycles. The molecule has 5 N–H and O–H groups in total. The van der Waals surface area contributed by atoms with E-state index in [4.69, 9.17) is 14.2 Å². The number of hydrogen-bond donors (Lipinski definition) is 5. The summed E-state index contributed by atoms with van der Waals surface area (Å²) in [6, 6.07) is 22.8. The van der Waals surface area contributed by atoms with Crippen molar-refractivity contribution in [2.24, 2.45) is 11.8 Å². The Labute approximate surface area is 313 Å². The first-order valence-electron chi connectivity index (χ1n) is 18.8. The normalized spacial score (nSPS) is 23.4. The topological polar surface area (TPSA) is 121 Å². The van der Waals surface area contributed by atoms with Crippen LogP contribution in [0.5, 0.6) is 17.2 Å². The number of nitrogens with zero attached hydrogens (tertiary/aromatic N) is 1. The summed E-state index contributed by atoms with van der Waals surface area (Å²) in [5, 5.41) is 44.7. The zero-order chi connectivity index (χ0) is 34.8. The van der Waals surface area contributed by atoms with Crippen LogP contribution in [0.1, 0.15) is 74.2 Å². The third-order valence-corrected chi connectivity index (χ3v) is 11.5. The quantitative estimate of drug-likeness (QED) is 0.0933. The van der Waals surface area contributed by atoms with Crippen molar-refractivity contribution in [3.63, 3.8) is 0 Å². The molecule has 51 heavy (non-hydrogen) atoms. The number of quaternary nitrogens is 1. The Hall–Kier alpha value is -2.70. The number of phenols is 1. The molecule has 280 valence electrons. The van der Waals surface area contributed by atoms with Crippen molar-refractivity contribution in [3.8, 4) is 17.2 Å². The summed E-state index contributed by atoms with van der Waals surface area (Å²) in [4.78, 5) is 0. The number of fused-ring (bicyclic) bond motifs is 3. The molecule has 10 heteroatoms. The van der Waals surface area contributed by atoms with Crippen LogP contribution in [0.15, 0.2) is 72.8 Å². The first kappa shape index (κ1) is 39.5. The summed E-state index contributed by atoms with van der Waals surface area (Å²) in [6.07, 6.45) is 8.17. The van der Waals surface area contributed by atoms with Gasteiger partial charge in [0.25, 0.3) is 0 Å². The molecule has 1 saturated carbocycles. The second-order valence-corrected chi connectivity index (χ2v) is 14.8. The highest BCUT2D eigenvalue weighted by atomic mass is 79.9. The number of aliphatic hydroxyl groups is 3. The minimum absolute atomic E-state index is 0. The van der Waals surface area contributed by atoms with E-state index in [1.54, 1.807) is 12.1 Å². The zero-order valence-electron chi connectivity index (χ0n) is 29.8. The highest BCUT2D eigenvalue weighted by molar-refractivity contribution is 5.36. The zero-order valence-corrected chi connectivity index (χ0v) is 31.4. The molecule has 0 aromatic heterocycles. The number of nitrogens with one attached hydrogen (secondary N) is 1. The summed E-state index contributed by atoms with van der Waals surface area (Å²) < 4.78 is 19.8. The van der Waals surface area contributed by atoms with E-state index in [1.165, 1.54) is 44.8 Å². The van der Waals surface area contributed by atoms with Gasteiger partial charge < -0.3 is 61.4 Å². The highest BCUT2D eigenvalue weighted by Gasteiger charge is 2.48. The molecule has 3 atom stereocenters. The lowest BCUT2D eigenvalue weighted by atomic mass is 9.80. The van der Waals surface area contributed by atoms with Crippen LogP contribution >= 0.6 is 0 Å². The van der Waals surface area contributed by atoms with Gasteiger partial charge in [-0.05, 0) is 79.3 Å². The van der Waals surface area contributed by atoms with Gasteiger partial charge in [-0.15, -0.1) is 0 Å². The lowest BCUT2D eigenvalue weighted by Gasteiger charge is -2.53. The van der Waals surface area contributed by atoms with Crippen LogP contribution in [0.25, 0.3) is 0 Å².